The molecule has 19 heavy (non-hydrogen) atoms. The summed E-state index contributed by atoms with van der Waals surface area (Å²) in [7, 11) is 0. The molecule has 0 spiro atoms. The Bertz CT molecular complexity index is 526. The molecule has 1 aliphatic heterocycles. The van der Waals surface area contributed by atoms with Gasteiger partial charge in [-0.2, -0.15) is 0 Å². The van der Waals surface area contributed by atoms with Crippen molar-refractivity contribution in [1.29, 1.82) is 0 Å². The van der Waals surface area contributed by atoms with Crippen molar-refractivity contribution in [2.45, 2.75) is 32.1 Å². The molecule has 2 atom stereocenters. The second-order valence-corrected chi connectivity index (χ2v) is 5.26. The first-order valence-electron chi connectivity index (χ1n) is 6.72. The van der Waals surface area contributed by atoms with Crippen LogP contribution in [0.3, 0.4) is 0 Å². The molecule has 0 amide bonds. The number of aromatic nitrogens is 1. The van der Waals surface area contributed by atoms with Gasteiger partial charge in [-0.05, 0) is 35.7 Å². The van der Waals surface area contributed by atoms with Gasteiger partial charge in [0.1, 0.15) is 0 Å². The van der Waals surface area contributed by atoms with Gasteiger partial charge >= 0.3 is 0 Å². The van der Waals surface area contributed by atoms with E-state index < -0.39 is 0 Å². The monoisotopic (exact) mass is 253 g/mol. The Morgan fingerprint density at radius 3 is 2.16 bits per heavy atom. The van der Waals surface area contributed by atoms with E-state index in [0.717, 1.165) is 13.1 Å². The minimum Gasteiger partial charge on any atom is -0.326 e. The Labute approximate surface area is 114 Å². The van der Waals surface area contributed by atoms with Gasteiger partial charge in [0, 0.05) is 31.5 Å². The standard InChI is InChI=1S/C16H19N3/c1-12(17)16(13-6-8-18-9-7-13)19-10-14-4-2-3-5-15(14)11-19/h2-9,12,16H,10-11,17H2,1H3. The highest BCUT2D eigenvalue weighted by molar-refractivity contribution is 5.31. The maximum absolute atomic E-state index is 6.22. The van der Waals surface area contributed by atoms with Gasteiger partial charge in [0.15, 0.2) is 0 Å². The van der Waals surface area contributed by atoms with Crippen LogP contribution >= 0.6 is 0 Å². The molecule has 2 N–H and O–H groups in total. The highest BCUT2D eigenvalue weighted by Crippen LogP contribution is 2.32. The molecule has 1 aliphatic rings. The van der Waals surface area contributed by atoms with Gasteiger partial charge in [-0.25, -0.2) is 0 Å². The second-order valence-electron chi connectivity index (χ2n) is 5.26. The third-order valence-corrected chi connectivity index (χ3v) is 3.80. The van der Waals surface area contributed by atoms with Crippen LogP contribution in [-0.2, 0) is 13.1 Å². The van der Waals surface area contributed by atoms with Gasteiger partial charge in [0.2, 0.25) is 0 Å². The van der Waals surface area contributed by atoms with Crippen molar-refractivity contribution in [1.82, 2.24) is 9.88 Å². The second kappa shape index (κ2) is 5.11. The maximum atomic E-state index is 6.22. The smallest absolute Gasteiger partial charge is 0.0504 e. The van der Waals surface area contributed by atoms with E-state index in [1.54, 1.807) is 0 Å². The van der Waals surface area contributed by atoms with Gasteiger partial charge in [-0.3, -0.25) is 9.88 Å². The van der Waals surface area contributed by atoms with E-state index in [1.807, 2.05) is 12.4 Å². The van der Waals surface area contributed by atoms with E-state index >= 15 is 0 Å². The lowest BCUT2D eigenvalue weighted by atomic mass is 10.0. The molecule has 0 bridgehead atoms. The largest absolute Gasteiger partial charge is 0.326 e. The quantitative estimate of drug-likeness (QED) is 0.913. The number of benzene rings is 1. The van der Waals surface area contributed by atoms with Crippen molar-refractivity contribution in [2.24, 2.45) is 5.73 Å². The van der Waals surface area contributed by atoms with E-state index in [2.05, 4.69) is 53.2 Å². The van der Waals surface area contributed by atoms with Gasteiger partial charge in [-0.15, -0.1) is 0 Å². The number of rotatable bonds is 3. The first-order chi connectivity index (χ1) is 9.25. The summed E-state index contributed by atoms with van der Waals surface area (Å²) in [5.74, 6) is 0. The van der Waals surface area contributed by atoms with Crippen molar-refractivity contribution < 1.29 is 0 Å². The predicted molar refractivity (Wildman–Crippen MR) is 76.3 cm³/mol. The fourth-order valence-corrected chi connectivity index (χ4v) is 2.96. The van der Waals surface area contributed by atoms with Crippen molar-refractivity contribution in [3.05, 3.63) is 65.5 Å². The molecule has 0 saturated carbocycles. The van der Waals surface area contributed by atoms with E-state index in [0.29, 0.717) is 0 Å². The summed E-state index contributed by atoms with van der Waals surface area (Å²) in [4.78, 5) is 6.54. The molecule has 0 aliphatic carbocycles. The van der Waals surface area contributed by atoms with Gasteiger partial charge in [0.25, 0.3) is 0 Å². The van der Waals surface area contributed by atoms with Crippen LogP contribution in [0.25, 0.3) is 0 Å². The van der Waals surface area contributed by atoms with E-state index in [-0.39, 0.29) is 12.1 Å². The molecule has 1 aromatic heterocycles. The topological polar surface area (TPSA) is 42.1 Å². The number of nitrogens with two attached hydrogens (primary N) is 1. The lowest BCUT2D eigenvalue weighted by molar-refractivity contribution is 0.178. The van der Waals surface area contributed by atoms with Crippen LogP contribution in [0.2, 0.25) is 0 Å². The third kappa shape index (κ3) is 2.39. The molecule has 3 heteroatoms. The molecular weight excluding hydrogens is 234 g/mol. The summed E-state index contributed by atoms with van der Waals surface area (Å²) in [6, 6.07) is 13.1. The Balaban J connectivity index is 1.88. The molecule has 2 heterocycles. The third-order valence-electron chi connectivity index (χ3n) is 3.80. The SMILES string of the molecule is CC(N)C(c1ccncc1)N1Cc2ccccc2C1. The minimum atomic E-state index is 0.0942. The van der Waals surface area contributed by atoms with Crippen LogP contribution in [-0.4, -0.2) is 15.9 Å². The molecule has 3 nitrogen and oxygen atoms in total. The minimum absolute atomic E-state index is 0.0942. The van der Waals surface area contributed by atoms with Crippen LogP contribution in [0.15, 0.2) is 48.8 Å². The molecule has 2 aromatic rings. The van der Waals surface area contributed by atoms with Crippen LogP contribution in [0.1, 0.15) is 29.7 Å². The van der Waals surface area contributed by atoms with Crippen LogP contribution in [0.5, 0.6) is 0 Å². The van der Waals surface area contributed by atoms with Crippen molar-refractivity contribution in [3.63, 3.8) is 0 Å². The summed E-state index contributed by atoms with van der Waals surface area (Å²) in [6.07, 6.45) is 3.68. The summed E-state index contributed by atoms with van der Waals surface area (Å²) in [5, 5.41) is 0. The molecular formula is C16H19N3. The zero-order valence-corrected chi connectivity index (χ0v) is 11.2. The molecule has 1 aromatic carbocycles. The summed E-state index contributed by atoms with van der Waals surface area (Å²) in [5.41, 5.74) is 10.3. The first kappa shape index (κ1) is 12.3. The zero-order valence-electron chi connectivity index (χ0n) is 11.2. The molecule has 98 valence electrons. The number of hydrogen-bond acceptors (Lipinski definition) is 3. The average molecular weight is 253 g/mol. The predicted octanol–water partition coefficient (Wildman–Crippen LogP) is 2.49. The van der Waals surface area contributed by atoms with Crippen molar-refractivity contribution in [3.8, 4) is 0 Å². The molecule has 0 saturated heterocycles. The van der Waals surface area contributed by atoms with Gasteiger partial charge in [0.05, 0.1) is 6.04 Å². The number of hydrogen-bond donors (Lipinski definition) is 1. The van der Waals surface area contributed by atoms with Crippen LogP contribution in [0.4, 0.5) is 0 Å². The molecule has 3 rings (SSSR count). The number of fused-ring (bicyclic) bond motifs is 1. The van der Waals surface area contributed by atoms with E-state index in [9.17, 15) is 0 Å². The van der Waals surface area contributed by atoms with E-state index in [4.69, 9.17) is 5.73 Å². The summed E-state index contributed by atoms with van der Waals surface area (Å²) < 4.78 is 0. The average Bonchev–Trinajstić information content (AvgIpc) is 2.82. The van der Waals surface area contributed by atoms with Gasteiger partial charge in [-0.1, -0.05) is 24.3 Å². The lowest BCUT2D eigenvalue weighted by Gasteiger charge is -2.31. The van der Waals surface area contributed by atoms with Gasteiger partial charge < -0.3 is 5.73 Å². The summed E-state index contributed by atoms with van der Waals surface area (Å²) >= 11 is 0. The van der Waals surface area contributed by atoms with Crippen molar-refractivity contribution in [2.75, 3.05) is 0 Å². The van der Waals surface area contributed by atoms with Crippen LogP contribution < -0.4 is 5.73 Å². The molecule has 0 radical (unpaired) electrons. The Hall–Kier alpha value is -1.71. The Morgan fingerprint density at radius 2 is 1.63 bits per heavy atom. The molecule has 0 fully saturated rings. The summed E-state index contributed by atoms with van der Waals surface area (Å²) in [6.45, 7) is 4.03. The number of nitrogens with zero attached hydrogens (tertiary/aromatic N) is 2. The fraction of sp³-hybridized carbons (Fsp3) is 0.312. The Kier molecular flexibility index (Phi) is 3.32. The Morgan fingerprint density at radius 1 is 1.05 bits per heavy atom. The zero-order chi connectivity index (χ0) is 13.2. The van der Waals surface area contributed by atoms with E-state index in [1.165, 1.54) is 16.7 Å². The van der Waals surface area contributed by atoms with Crippen molar-refractivity contribution >= 4 is 0 Å². The highest BCUT2D eigenvalue weighted by Gasteiger charge is 2.28. The number of pyridine rings is 1. The maximum Gasteiger partial charge on any atom is 0.0504 e. The normalized spacial score (nSPS) is 18.0. The lowest BCUT2D eigenvalue weighted by Crippen LogP contribution is -2.36. The highest BCUT2D eigenvalue weighted by atomic mass is 15.2. The van der Waals surface area contributed by atoms with Crippen LogP contribution in [0, 0.1) is 0 Å². The molecule has 2 unspecified atom stereocenters. The fourth-order valence-electron chi connectivity index (χ4n) is 2.96. The first-order valence-corrected chi connectivity index (χ1v) is 6.72.